The van der Waals surface area contributed by atoms with Gasteiger partial charge < -0.3 is 28.7 Å². The third-order valence-corrected chi connectivity index (χ3v) is 7.50. The minimum atomic E-state index is -3.52. The zero-order valence-corrected chi connectivity index (χ0v) is 23.6. The first-order chi connectivity index (χ1) is 18.5. The summed E-state index contributed by atoms with van der Waals surface area (Å²) in [6, 6.07) is 8.77. The number of nitrogens with one attached hydrogen (secondary N) is 2. The van der Waals surface area contributed by atoms with E-state index < -0.39 is 61.6 Å². The number of aliphatic hydroxyl groups excluding tert-OH is 2. The molecule has 0 saturated carbocycles. The molecule has 4 N–H and O–H groups in total. The molecule has 0 spiro atoms. The minimum absolute atomic E-state index is 0.359. The zero-order valence-electron chi connectivity index (χ0n) is 21.9. The van der Waals surface area contributed by atoms with Crippen molar-refractivity contribution in [3.8, 4) is 18.1 Å². The number of aliphatic hydroxyl groups is 2. The number of aromatic amines is 1. The highest BCUT2D eigenvalue weighted by Crippen LogP contribution is 2.46. The molecule has 0 radical (unpaired) electrons. The van der Waals surface area contributed by atoms with Gasteiger partial charge in [-0.1, -0.05) is 37.5 Å². The summed E-state index contributed by atoms with van der Waals surface area (Å²) in [4.78, 5) is 38.4. The maximum atomic E-state index is 12.8. The lowest BCUT2D eigenvalue weighted by Crippen LogP contribution is -2.41. The minimum Gasteiger partial charge on any atom is -0.462 e. The summed E-state index contributed by atoms with van der Waals surface area (Å²) in [5.41, 5.74) is -1.49. The Hall–Kier alpha value is -2.82. The van der Waals surface area contributed by atoms with E-state index >= 15 is 0 Å². The van der Waals surface area contributed by atoms with E-state index in [0.717, 1.165) is 16.8 Å². The van der Waals surface area contributed by atoms with Crippen molar-refractivity contribution in [2.45, 2.75) is 64.2 Å². The Morgan fingerprint density at radius 2 is 1.95 bits per heavy atom. The van der Waals surface area contributed by atoms with Gasteiger partial charge in [0.15, 0.2) is 6.23 Å². The number of para-hydroxylation sites is 1. The van der Waals surface area contributed by atoms with Crippen molar-refractivity contribution < 1.29 is 33.5 Å². The van der Waals surface area contributed by atoms with Crippen molar-refractivity contribution in [3.05, 3.63) is 63.4 Å². The van der Waals surface area contributed by atoms with Gasteiger partial charge in [-0.2, -0.15) is 0 Å². The molecule has 3 unspecified atom stereocenters. The summed E-state index contributed by atoms with van der Waals surface area (Å²) in [7, 11) is 0. The number of terminal acetylenes is 1. The third-order valence-electron chi connectivity index (χ3n) is 5.08. The Bertz CT molecular complexity index is 1260. The Balaban J connectivity index is 2.34. The highest BCUT2D eigenvalue weighted by atomic mass is 32.5. The molecule has 2 rings (SSSR count). The highest BCUT2D eigenvalue weighted by Gasteiger charge is 2.33. The van der Waals surface area contributed by atoms with Gasteiger partial charge in [-0.3, -0.25) is 19.1 Å². The number of hydrogen-bond donors (Lipinski definition) is 4. The molecule has 0 aliphatic heterocycles. The molecule has 14 heteroatoms. The molecule has 0 amide bonds. The summed E-state index contributed by atoms with van der Waals surface area (Å²) >= 11 is 5.73. The van der Waals surface area contributed by atoms with E-state index in [1.807, 2.05) is 6.92 Å². The highest BCUT2D eigenvalue weighted by molar-refractivity contribution is 8.09. The molecule has 0 bridgehead atoms. The number of esters is 1. The molecule has 2 aromatic rings. The van der Waals surface area contributed by atoms with Crippen LogP contribution in [-0.2, 0) is 30.6 Å². The lowest BCUT2D eigenvalue weighted by Gasteiger charge is -2.31. The van der Waals surface area contributed by atoms with E-state index in [4.69, 9.17) is 36.8 Å². The van der Waals surface area contributed by atoms with E-state index in [0.29, 0.717) is 18.6 Å². The molecule has 39 heavy (non-hydrogen) atoms. The van der Waals surface area contributed by atoms with Crippen molar-refractivity contribution >= 4 is 24.4 Å². The largest absolute Gasteiger partial charge is 0.462 e. The summed E-state index contributed by atoms with van der Waals surface area (Å²) in [6.45, 7) is 0.663. The van der Waals surface area contributed by atoms with Crippen molar-refractivity contribution in [1.82, 2.24) is 14.6 Å². The first kappa shape index (κ1) is 32.4. The van der Waals surface area contributed by atoms with Crippen LogP contribution in [0, 0.1) is 12.3 Å². The van der Waals surface area contributed by atoms with E-state index in [1.54, 1.807) is 44.2 Å². The lowest BCUT2D eigenvalue weighted by molar-refractivity contribution is -0.149. The maximum Gasteiger partial charge on any atom is 0.330 e. The molecular weight excluding hydrogens is 549 g/mol. The Morgan fingerprint density at radius 3 is 2.51 bits per heavy atom. The molecule has 5 atom stereocenters. The van der Waals surface area contributed by atoms with E-state index in [9.17, 15) is 24.6 Å². The second-order valence-electron chi connectivity index (χ2n) is 8.59. The summed E-state index contributed by atoms with van der Waals surface area (Å²) in [5, 5.41) is 23.3. The van der Waals surface area contributed by atoms with Crippen molar-refractivity contribution in [2.75, 3.05) is 13.2 Å². The number of carbonyl (C=O) groups excluding carboxylic acids is 1. The van der Waals surface area contributed by atoms with Gasteiger partial charge in [0.25, 0.3) is 5.56 Å². The fourth-order valence-electron chi connectivity index (χ4n) is 3.28. The first-order valence-electron chi connectivity index (χ1n) is 12.2. The molecule has 1 heterocycles. The lowest BCUT2D eigenvalue weighted by atomic mass is 10.2. The van der Waals surface area contributed by atoms with Crippen LogP contribution in [0.2, 0.25) is 0 Å². The Morgan fingerprint density at radius 1 is 1.26 bits per heavy atom. The van der Waals surface area contributed by atoms with E-state index in [-0.39, 0.29) is 6.10 Å². The Labute approximate surface area is 231 Å². The average Bonchev–Trinajstić information content (AvgIpc) is 2.89. The number of carbonyl (C=O) groups is 1. The Kier molecular flexibility index (Phi) is 13.0. The molecule has 0 aliphatic rings. The van der Waals surface area contributed by atoms with Crippen molar-refractivity contribution in [2.24, 2.45) is 0 Å². The summed E-state index contributed by atoms with van der Waals surface area (Å²) in [5.74, 6) is 1.96. The number of ether oxygens (including phenoxy) is 2. The second kappa shape index (κ2) is 15.7. The second-order valence-corrected chi connectivity index (χ2v) is 11.7. The predicted molar refractivity (Wildman–Crippen MR) is 148 cm³/mol. The van der Waals surface area contributed by atoms with Gasteiger partial charge in [-0.05, 0) is 44.2 Å². The number of benzene rings is 1. The zero-order chi connectivity index (χ0) is 29.0. The van der Waals surface area contributed by atoms with Crippen LogP contribution in [0.1, 0.15) is 39.8 Å². The smallest absolute Gasteiger partial charge is 0.330 e. The van der Waals surface area contributed by atoms with Crippen LogP contribution in [0.15, 0.2) is 52.2 Å². The number of aromatic nitrogens is 2. The molecule has 214 valence electrons. The van der Waals surface area contributed by atoms with Gasteiger partial charge in [0.2, 0.25) is 0 Å². The molecule has 0 saturated heterocycles. The quantitative estimate of drug-likeness (QED) is 0.129. The van der Waals surface area contributed by atoms with Gasteiger partial charge in [0, 0.05) is 12.3 Å². The number of H-pyrrole nitrogens is 1. The first-order valence-corrected chi connectivity index (χ1v) is 14.8. The van der Waals surface area contributed by atoms with Crippen LogP contribution in [0.5, 0.6) is 5.75 Å². The van der Waals surface area contributed by atoms with Gasteiger partial charge >= 0.3 is 18.3 Å². The summed E-state index contributed by atoms with van der Waals surface area (Å²) in [6.07, 6.45) is 2.99. The van der Waals surface area contributed by atoms with Crippen LogP contribution in [0.4, 0.5) is 0 Å². The number of nitrogens with zero attached hydrogens (tertiary/aromatic N) is 1. The van der Waals surface area contributed by atoms with E-state index in [2.05, 4.69) is 16.0 Å². The molecule has 0 fully saturated rings. The fourth-order valence-corrected chi connectivity index (χ4v) is 5.64. The monoisotopic (exact) mass is 583 g/mol. The molecule has 1 aromatic carbocycles. The average molecular weight is 584 g/mol. The van der Waals surface area contributed by atoms with Crippen LogP contribution in [0.25, 0.3) is 0 Å². The van der Waals surface area contributed by atoms with Crippen molar-refractivity contribution in [1.29, 1.82) is 0 Å². The SMILES string of the molecule is C#C[C@H](O)C(COP(=S)(NC(CCC)C(=O)OC(C)C)Oc1ccccc1)O[C@H](CO)n1ccc(=O)[nH]c1=O. The van der Waals surface area contributed by atoms with Gasteiger partial charge in [-0.15, -0.1) is 6.42 Å². The van der Waals surface area contributed by atoms with Crippen LogP contribution >= 0.6 is 6.64 Å². The van der Waals surface area contributed by atoms with Crippen LogP contribution in [-0.4, -0.2) is 63.3 Å². The van der Waals surface area contributed by atoms with Crippen molar-refractivity contribution in [3.63, 3.8) is 0 Å². The maximum absolute atomic E-state index is 12.8. The normalized spacial score (nSPS) is 15.9. The fraction of sp³-hybridized carbons (Fsp3) is 0.480. The molecular formula is C25H34N3O9PS. The van der Waals surface area contributed by atoms with Gasteiger partial charge in [0.1, 0.15) is 24.0 Å². The van der Waals surface area contributed by atoms with Crippen LogP contribution < -0.4 is 20.9 Å². The molecule has 0 aliphatic carbocycles. The number of hydrogen-bond acceptors (Lipinski definition) is 10. The topological polar surface area (TPSA) is 161 Å². The van der Waals surface area contributed by atoms with Gasteiger partial charge in [-0.25, -0.2) is 9.88 Å². The third kappa shape index (κ3) is 10.3. The van der Waals surface area contributed by atoms with Crippen LogP contribution in [0.3, 0.4) is 0 Å². The standard InChI is InChI=1S/C25H34N3O9PS/c1-5-10-19(24(32)35-17(3)4)27-38(39,37-18-11-8-7-9-12-18)34-16-21(20(30)6-2)36-23(15-29)28-14-13-22(31)26-25(28)33/h2,7-9,11-14,17,19-21,23,29-30H,5,10,15-16H2,1,3-4H3,(H,27,39)(H,26,31,33)/t19?,20-,21?,23+,38?/m0/s1. The summed E-state index contributed by atoms with van der Waals surface area (Å²) < 4.78 is 24.0. The molecule has 12 nitrogen and oxygen atoms in total. The molecule has 1 aromatic heterocycles. The number of rotatable bonds is 16. The van der Waals surface area contributed by atoms with Gasteiger partial charge in [0.05, 0.1) is 19.3 Å². The van der Waals surface area contributed by atoms with E-state index in [1.165, 1.54) is 0 Å². The predicted octanol–water partition coefficient (Wildman–Crippen LogP) is 1.44.